The number of ether oxygens (including phenoxy) is 5. The van der Waals surface area contributed by atoms with Gasteiger partial charge >= 0.3 is 5.97 Å². The Morgan fingerprint density at radius 2 is 1.43 bits per heavy atom. The summed E-state index contributed by atoms with van der Waals surface area (Å²) in [5, 5.41) is 11.1. The second-order valence-corrected chi connectivity index (χ2v) is 11.9. The minimum atomic E-state index is -1.10. The number of hydrogen-bond donors (Lipinski definition) is 1. The van der Waals surface area contributed by atoms with Crippen LogP contribution in [0.4, 0.5) is 0 Å². The Balaban J connectivity index is 1.21. The maximum absolute atomic E-state index is 12.6. The molecule has 0 bridgehead atoms. The van der Waals surface area contributed by atoms with E-state index >= 15 is 0 Å². The van der Waals surface area contributed by atoms with Crippen LogP contribution < -0.4 is 0 Å². The van der Waals surface area contributed by atoms with Gasteiger partial charge in [-0.05, 0) is 31.1 Å². The van der Waals surface area contributed by atoms with Crippen molar-refractivity contribution < 1.29 is 33.6 Å². The molecule has 6 atom stereocenters. The van der Waals surface area contributed by atoms with Crippen molar-refractivity contribution in [3.05, 3.63) is 35.9 Å². The molecule has 0 unspecified atom stereocenters. The fourth-order valence-corrected chi connectivity index (χ4v) is 5.62. The number of carbonyl (C=O) groups is 1. The van der Waals surface area contributed by atoms with Gasteiger partial charge in [0, 0.05) is 31.9 Å². The molecule has 7 heteroatoms. The topological polar surface area (TPSA) is 83.5 Å². The highest BCUT2D eigenvalue weighted by molar-refractivity contribution is 5.69. The summed E-state index contributed by atoms with van der Waals surface area (Å²) < 4.78 is 28.8. The Labute approximate surface area is 265 Å². The van der Waals surface area contributed by atoms with E-state index in [0.717, 1.165) is 56.9 Å². The first kappa shape index (κ1) is 36.1. The largest absolute Gasteiger partial charge is 0.454 e. The zero-order chi connectivity index (χ0) is 31.2. The summed E-state index contributed by atoms with van der Waals surface area (Å²) in [6.07, 6.45) is 14.0. The van der Waals surface area contributed by atoms with Gasteiger partial charge in [0.05, 0.1) is 6.61 Å². The molecule has 2 heterocycles. The van der Waals surface area contributed by atoms with Crippen LogP contribution in [0.25, 0.3) is 0 Å². The van der Waals surface area contributed by atoms with Gasteiger partial charge < -0.3 is 28.8 Å². The molecule has 0 amide bonds. The van der Waals surface area contributed by atoms with E-state index in [0.29, 0.717) is 0 Å². The van der Waals surface area contributed by atoms with E-state index in [4.69, 9.17) is 23.7 Å². The number of carbonyl (C=O) groups excluding carboxylic acids is 1. The maximum atomic E-state index is 12.6. The van der Waals surface area contributed by atoms with Gasteiger partial charge in [0.15, 0.2) is 18.7 Å². The second kappa shape index (κ2) is 22.2. The summed E-state index contributed by atoms with van der Waals surface area (Å²) >= 11 is 0. The van der Waals surface area contributed by atoms with Crippen LogP contribution in [0.5, 0.6) is 0 Å². The molecule has 1 aromatic rings. The molecule has 244 valence electrons. The quantitative estimate of drug-likeness (QED) is 0.0993. The number of rotatable bonds is 19. The molecule has 0 aromatic heterocycles. The van der Waals surface area contributed by atoms with Gasteiger partial charge in [0.25, 0.3) is 0 Å². The van der Waals surface area contributed by atoms with Crippen LogP contribution in [-0.2, 0) is 28.5 Å². The average molecular weight is 611 g/mol. The molecular weight excluding hydrogens is 556 g/mol. The standard InChI is InChI=1S/C37H54O7/c1-3-4-5-6-7-8-9-10-11-12-13-14-15-16-17-18-19-20-21-25-28-32(38)43-35-33(39)34-31(42-37(35)40-2)29-41-36(44-34)30-26-23-22-24-27-30/h22-24,26-27,31,33-37,39H,3-11,16-21,25,28-29H2,1-2H3/t31-,33+,34-,35-,36-,37+/m1/s1. The lowest BCUT2D eigenvalue weighted by Gasteiger charge is -2.46. The number of esters is 1. The number of fused-ring (bicyclic) bond motifs is 1. The van der Waals surface area contributed by atoms with E-state index < -0.39 is 37.0 Å². The van der Waals surface area contributed by atoms with Crippen molar-refractivity contribution >= 4 is 5.97 Å². The number of aliphatic hydroxyl groups excluding tert-OH is 1. The van der Waals surface area contributed by atoms with Crippen molar-refractivity contribution in [3.63, 3.8) is 0 Å². The number of unbranched alkanes of at least 4 members (excludes halogenated alkanes) is 14. The highest BCUT2D eigenvalue weighted by Gasteiger charge is 2.51. The summed E-state index contributed by atoms with van der Waals surface area (Å²) in [7, 11) is 1.47. The molecule has 0 saturated carbocycles. The minimum absolute atomic E-state index is 0.238. The maximum Gasteiger partial charge on any atom is 0.306 e. The van der Waals surface area contributed by atoms with Crippen molar-refractivity contribution in [2.75, 3.05) is 13.7 Å². The molecule has 2 aliphatic heterocycles. The smallest absolute Gasteiger partial charge is 0.306 e. The molecule has 3 rings (SSSR count). The zero-order valence-electron chi connectivity index (χ0n) is 27.0. The highest BCUT2D eigenvalue weighted by atomic mass is 16.8. The number of hydrogen-bond acceptors (Lipinski definition) is 7. The third kappa shape index (κ3) is 13.3. The van der Waals surface area contributed by atoms with Gasteiger partial charge in [-0.25, -0.2) is 0 Å². The Kier molecular flexibility index (Phi) is 18.2. The van der Waals surface area contributed by atoms with Crippen LogP contribution in [0.3, 0.4) is 0 Å². The Hall–Kier alpha value is -2.39. The SMILES string of the molecule is CCCCCCCCCCC#CC#CCCCCCCCCC(=O)O[C@H]1[C@@H](OC)O[C@@H]2CO[C@@H](c3ccccc3)O[C@H]2[C@@H]1O. The summed E-state index contributed by atoms with van der Waals surface area (Å²) in [6.45, 7) is 2.49. The van der Waals surface area contributed by atoms with Crippen LogP contribution >= 0.6 is 0 Å². The van der Waals surface area contributed by atoms with Crippen molar-refractivity contribution in [3.8, 4) is 23.7 Å². The number of benzene rings is 1. The molecule has 2 aliphatic rings. The van der Waals surface area contributed by atoms with E-state index in [1.165, 1.54) is 58.5 Å². The summed E-state index contributed by atoms with van der Waals surface area (Å²) in [6, 6.07) is 9.53. The van der Waals surface area contributed by atoms with E-state index in [9.17, 15) is 9.90 Å². The number of methoxy groups -OCH3 is 1. The fourth-order valence-electron chi connectivity index (χ4n) is 5.62. The Morgan fingerprint density at radius 3 is 2.05 bits per heavy atom. The average Bonchev–Trinajstić information content (AvgIpc) is 3.05. The van der Waals surface area contributed by atoms with E-state index in [-0.39, 0.29) is 19.0 Å². The molecule has 0 radical (unpaired) electrons. The normalized spacial score (nSPS) is 24.3. The first-order valence-corrected chi connectivity index (χ1v) is 17.0. The van der Waals surface area contributed by atoms with Crippen LogP contribution in [0.1, 0.15) is 128 Å². The van der Waals surface area contributed by atoms with Gasteiger partial charge in [0.1, 0.15) is 18.3 Å². The molecule has 1 N–H and O–H groups in total. The predicted octanol–water partition coefficient (Wildman–Crippen LogP) is 7.40. The monoisotopic (exact) mass is 610 g/mol. The third-order valence-electron chi connectivity index (χ3n) is 8.21. The first-order valence-electron chi connectivity index (χ1n) is 17.0. The summed E-state index contributed by atoms with van der Waals surface area (Å²) in [5.74, 6) is 12.0. The second-order valence-electron chi connectivity index (χ2n) is 11.9. The zero-order valence-corrected chi connectivity index (χ0v) is 27.0. The minimum Gasteiger partial charge on any atom is -0.454 e. The molecule has 44 heavy (non-hydrogen) atoms. The highest BCUT2D eigenvalue weighted by Crippen LogP contribution is 2.35. The lowest BCUT2D eigenvalue weighted by molar-refractivity contribution is -0.358. The first-order chi connectivity index (χ1) is 21.6. The van der Waals surface area contributed by atoms with Gasteiger partial charge in [0.2, 0.25) is 0 Å². The molecule has 7 nitrogen and oxygen atoms in total. The Bertz CT molecular complexity index is 1040. The third-order valence-corrected chi connectivity index (χ3v) is 8.21. The van der Waals surface area contributed by atoms with Crippen molar-refractivity contribution in [1.82, 2.24) is 0 Å². The van der Waals surface area contributed by atoms with Crippen molar-refractivity contribution in [1.29, 1.82) is 0 Å². The van der Waals surface area contributed by atoms with Crippen LogP contribution in [0.2, 0.25) is 0 Å². The summed E-state index contributed by atoms with van der Waals surface area (Å²) in [5.41, 5.74) is 0.849. The van der Waals surface area contributed by atoms with Gasteiger partial charge in [-0.2, -0.15) is 0 Å². The lowest BCUT2D eigenvalue weighted by atomic mass is 9.97. The molecule has 0 aliphatic carbocycles. The van der Waals surface area contributed by atoms with Crippen LogP contribution in [0, 0.1) is 23.7 Å². The van der Waals surface area contributed by atoms with Crippen molar-refractivity contribution in [2.45, 2.75) is 153 Å². The molecule has 2 fully saturated rings. The lowest BCUT2D eigenvalue weighted by Crippen LogP contribution is -2.63. The van der Waals surface area contributed by atoms with E-state index in [1.54, 1.807) is 0 Å². The van der Waals surface area contributed by atoms with E-state index in [2.05, 4.69) is 30.6 Å². The van der Waals surface area contributed by atoms with Crippen molar-refractivity contribution in [2.24, 2.45) is 0 Å². The predicted molar refractivity (Wildman–Crippen MR) is 171 cm³/mol. The van der Waals surface area contributed by atoms with Crippen LogP contribution in [-0.4, -0.2) is 55.5 Å². The molecular formula is C37H54O7. The number of aliphatic hydroxyl groups is 1. The summed E-state index contributed by atoms with van der Waals surface area (Å²) in [4.78, 5) is 12.6. The molecule has 2 saturated heterocycles. The van der Waals surface area contributed by atoms with Gasteiger partial charge in [-0.3, -0.25) is 4.79 Å². The fraction of sp³-hybridized carbons (Fsp3) is 0.703. The van der Waals surface area contributed by atoms with E-state index in [1.807, 2.05) is 30.3 Å². The van der Waals surface area contributed by atoms with Gasteiger partial charge in [-0.1, -0.05) is 120 Å². The molecule has 1 aromatic carbocycles. The van der Waals surface area contributed by atoms with Gasteiger partial charge in [-0.15, -0.1) is 0 Å². The van der Waals surface area contributed by atoms with Crippen LogP contribution in [0.15, 0.2) is 30.3 Å². The Morgan fingerprint density at radius 1 is 0.841 bits per heavy atom. The molecule has 0 spiro atoms.